The maximum Gasteiger partial charge on any atom is 0.340 e. The van der Waals surface area contributed by atoms with E-state index >= 15 is 0 Å². The highest BCUT2D eigenvalue weighted by molar-refractivity contribution is 6.08. The second-order valence-electron chi connectivity index (χ2n) is 7.19. The summed E-state index contributed by atoms with van der Waals surface area (Å²) in [6, 6.07) is 3.69. The maximum atomic E-state index is 12.6. The van der Waals surface area contributed by atoms with E-state index in [4.69, 9.17) is 9.15 Å². The summed E-state index contributed by atoms with van der Waals surface area (Å²) in [5.74, 6) is 0.504. The van der Waals surface area contributed by atoms with Gasteiger partial charge in [-0.1, -0.05) is 12.7 Å². The van der Waals surface area contributed by atoms with Crippen molar-refractivity contribution in [2.75, 3.05) is 7.11 Å². The predicted molar refractivity (Wildman–Crippen MR) is 110 cm³/mol. The molecule has 3 heterocycles. The SMILES string of the molecule is C=CC(=O)CC1CCC=C(c2c(C(=O)OC)cnc3[nH]cc(-c4ccco4)c23)C1. The van der Waals surface area contributed by atoms with Gasteiger partial charge in [-0.3, -0.25) is 4.79 Å². The van der Waals surface area contributed by atoms with Crippen molar-refractivity contribution in [2.45, 2.75) is 25.7 Å². The topological polar surface area (TPSA) is 85.2 Å². The normalized spacial score (nSPS) is 16.4. The summed E-state index contributed by atoms with van der Waals surface area (Å²) in [4.78, 5) is 32.0. The number of esters is 1. The average Bonchev–Trinajstić information content (AvgIpc) is 3.42. The Morgan fingerprint density at radius 3 is 3.03 bits per heavy atom. The largest absolute Gasteiger partial charge is 0.465 e. The van der Waals surface area contributed by atoms with E-state index in [1.807, 2.05) is 18.3 Å². The van der Waals surface area contributed by atoms with Crippen LogP contribution in [0.3, 0.4) is 0 Å². The number of nitrogens with zero attached hydrogens (tertiary/aromatic N) is 1. The number of allylic oxidation sites excluding steroid dienone is 3. The Kier molecular flexibility index (Phi) is 5.16. The van der Waals surface area contributed by atoms with Gasteiger partial charge in [-0.15, -0.1) is 0 Å². The van der Waals surface area contributed by atoms with Gasteiger partial charge in [-0.05, 0) is 49.0 Å². The van der Waals surface area contributed by atoms with Gasteiger partial charge < -0.3 is 14.1 Å². The maximum absolute atomic E-state index is 12.6. The second-order valence-corrected chi connectivity index (χ2v) is 7.19. The number of carbonyl (C=O) groups is 2. The number of pyridine rings is 1. The van der Waals surface area contributed by atoms with Crippen LogP contribution in [0.4, 0.5) is 0 Å². The highest BCUT2D eigenvalue weighted by Gasteiger charge is 2.27. The first-order valence-corrected chi connectivity index (χ1v) is 9.59. The summed E-state index contributed by atoms with van der Waals surface area (Å²) in [7, 11) is 1.36. The van der Waals surface area contributed by atoms with Crippen molar-refractivity contribution in [3.8, 4) is 11.3 Å². The number of hydrogen-bond donors (Lipinski definition) is 1. The van der Waals surface area contributed by atoms with Crippen molar-refractivity contribution in [1.82, 2.24) is 9.97 Å². The van der Waals surface area contributed by atoms with Gasteiger partial charge in [0.05, 0.1) is 18.9 Å². The van der Waals surface area contributed by atoms with E-state index in [0.29, 0.717) is 29.8 Å². The zero-order valence-corrected chi connectivity index (χ0v) is 16.2. The van der Waals surface area contributed by atoms with Gasteiger partial charge in [-0.25, -0.2) is 9.78 Å². The zero-order valence-electron chi connectivity index (χ0n) is 16.2. The summed E-state index contributed by atoms with van der Waals surface area (Å²) < 4.78 is 10.6. The Bertz CT molecular complexity index is 1110. The van der Waals surface area contributed by atoms with Crippen LogP contribution in [0.1, 0.15) is 41.6 Å². The van der Waals surface area contributed by atoms with Crippen LogP contribution in [-0.2, 0) is 9.53 Å². The Labute approximate surface area is 168 Å². The lowest BCUT2D eigenvalue weighted by molar-refractivity contribution is -0.115. The van der Waals surface area contributed by atoms with Crippen molar-refractivity contribution in [1.29, 1.82) is 0 Å². The summed E-state index contributed by atoms with van der Waals surface area (Å²) in [6.07, 6.45) is 11.5. The van der Waals surface area contributed by atoms with Gasteiger partial charge >= 0.3 is 5.97 Å². The van der Waals surface area contributed by atoms with Gasteiger partial charge in [0.2, 0.25) is 0 Å². The highest BCUT2D eigenvalue weighted by Crippen LogP contribution is 2.41. The van der Waals surface area contributed by atoms with E-state index in [-0.39, 0.29) is 11.7 Å². The molecule has 29 heavy (non-hydrogen) atoms. The van der Waals surface area contributed by atoms with E-state index in [1.54, 1.807) is 12.5 Å². The van der Waals surface area contributed by atoms with Crippen molar-refractivity contribution in [2.24, 2.45) is 5.92 Å². The second kappa shape index (κ2) is 7.91. The van der Waals surface area contributed by atoms with Crippen molar-refractivity contribution >= 4 is 28.4 Å². The lowest BCUT2D eigenvalue weighted by Crippen LogP contribution is -2.13. The fourth-order valence-electron chi connectivity index (χ4n) is 4.06. The van der Waals surface area contributed by atoms with Crippen molar-refractivity contribution < 1.29 is 18.7 Å². The number of furan rings is 1. The van der Waals surface area contributed by atoms with Gasteiger partial charge in [0.25, 0.3) is 0 Å². The smallest absolute Gasteiger partial charge is 0.340 e. The van der Waals surface area contributed by atoms with E-state index in [0.717, 1.165) is 34.9 Å². The molecule has 0 radical (unpaired) electrons. The number of hydrogen-bond acceptors (Lipinski definition) is 5. The molecular formula is C23H22N2O4. The third kappa shape index (κ3) is 3.53. The Morgan fingerprint density at radius 1 is 1.45 bits per heavy atom. The Hall–Kier alpha value is -3.41. The minimum Gasteiger partial charge on any atom is -0.465 e. The molecule has 3 aromatic rings. The molecule has 1 aliphatic rings. The predicted octanol–water partition coefficient (Wildman–Crippen LogP) is 4.94. The molecule has 0 saturated heterocycles. The molecule has 0 aliphatic heterocycles. The van der Waals surface area contributed by atoms with E-state index in [1.165, 1.54) is 13.2 Å². The number of rotatable bonds is 6. The third-order valence-corrected chi connectivity index (χ3v) is 5.41. The molecule has 1 N–H and O–H groups in total. The highest BCUT2D eigenvalue weighted by atomic mass is 16.5. The van der Waals surface area contributed by atoms with E-state index in [2.05, 4.69) is 22.6 Å². The fraction of sp³-hybridized carbons (Fsp3) is 0.261. The van der Waals surface area contributed by atoms with Crippen molar-refractivity contribution in [3.05, 3.63) is 60.6 Å². The van der Waals surface area contributed by atoms with Crippen LogP contribution in [0.2, 0.25) is 0 Å². The number of fused-ring (bicyclic) bond motifs is 1. The monoisotopic (exact) mass is 390 g/mol. The molecule has 0 saturated carbocycles. The molecule has 4 rings (SSSR count). The van der Waals surface area contributed by atoms with Crippen LogP contribution in [0, 0.1) is 5.92 Å². The quantitative estimate of drug-likeness (QED) is 0.476. The fourth-order valence-corrected chi connectivity index (χ4v) is 4.06. The van der Waals surface area contributed by atoms with Crippen LogP contribution in [-0.4, -0.2) is 28.8 Å². The van der Waals surface area contributed by atoms with Crippen LogP contribution in [0.15, 0.2) is 53.9 Å². The molecule has 148 valence electrons. The minimum atomic E-state index is -0.439. The molecule has 0 spiro atoms. The standard InChI is InChI=1S/C23H22N2O4/c1-3-16(26)11-14-6-4-7-15(10-14)20-18(23(27)28-2)13-25-22-21(20)17(12-24-22)19-8-5-9-29-19/h3,5,7-9,12-14H,1,4,6,10-11H2,2H3,(H,24,25). The summed E-state index contributed by atoms with van der Waals surface area (Å²) >= 11 is 0. The number of ether oxygens (including phenoxy) is 1. The van der Waals surface area contributed by atoms with Crippen LogP contribution >= 0.6 is 0 Å². The Balaban J connectivity index is 1.88. The van der Waals surface area contributed by atoms with Crippen LogP contribution in [0.25, 0.3) is 27.9 Å². The van der Waals surface area contributed by atoms with Crippen LogP contribution in [0.5, 0.6) is 0 Å². The van der Waals surface area contributed by atoms with Crippen molar-refractivity contribution in [3.63, 3.8) is 0 Å². The number of aromatic nitrogens is 2. The lowest BCUT2D eigenvalue weighted by atomic mass is 9.81. The van der Waals surface area contributed by atoms with Gasteiger partial charge in [-0.2, -0.15) is 0 Å². The van der Waals surface area contributed by atoms with Gasteiger partial charge in [0, 0.05) is 35.3 Å². The molecule has 1 atom stereocenters. The number of methoxy groups -OCH3 is 1. The first-order valence-electron chi connectivity index (χ1n) is 9.59. The van der Waals surface area contributed by atoms with Gasteiger partial charge in [0.15, 0.2) is 5.78 Å². The zero-order chi connectivity index (χ0) is 20.4. The van der Waals surface area contributed by atoms with E-state index < -0.39 is 5.97 Å². The molecule has 0 aromatic carbocycles. The number of carbonyl (C=O) groups excluding carboxylic acids is 2. The third-order valence-electron chi connectivity index (χ3n) is 5.41. The first kappa shape index (κ1) is 18.9. The van der Waals surface area contributed by atoms with Crippen LogP contribution < -0.4 is 0 Å². The molecule has 0 bridgehead atoms. The molecule has 0 amide bonds. The number of H-pyrrole nitrogens is 1. The molecule has 6 heteroatoms. The molecule has 0 fully saturated rings. The molecule has 3 aromatic heterocycles. The molecule has 6 nitrogen and oxygen atoms in total. The van der Waals surface area contributed by atoms with E-state index in [9.17, 15) is 9.59 Å². The number of aromatic amines is 1. The molecular weight excluding hydrogens is 368 g/mol. The lowest BCUT2D eigenvalue weighted by Gasteiger charge is -2.24. The summed E-state index contributed by atoms with van der Waals surface area (Å²) in [5.41, 5.74) is 3.74. The number of nitrogens with one attached hydrogen (secondary N) is 1. The molecule has 1 unspecified atom stereocenters. The Morgan fingerprint density at radius 2 is 2.31 bits per heavy atom. The minimum absolute atomic E-state index is 0.0437. The first-order chi connectivity index (χ1) is 14.1. The average molecular weight is 390 g/mol. The number of ketones is 1. The summed E-state index contributed by atoms with van der Waals surface area (Å²) in [5, 5.41) is 0.824. The van der Waals surface area contributed by atoms with Gasteiger partial charge in [0.1, 0.15) is 11.4 Å². The summed E-state index contributed by atoms with van der Waals surface area (Å²) in [6.45, 7) is 3.58. The molecule has 1 aliphatic carbocycles.